The van der Waals surface area contributed by atoms with E-state index in [9.17, 15) is 18.5 Å². The van der Waals surface area contributed by atoms with Gasteiger partial charge in [-0.1, -0.05) is 12.1 Å². The number of aromatic nitrogens is 2. The van der Waals surface area contributed by atoms with E-state index in [4.69, 9.17) is 0 Å². The smallest absolute Gasteiger partial charge is 0.255 e. The van der Waals surface area contributed by atoms with Crippen molar-refractivity contribution in [3.05, 3.63) is 96.6 Å². The summed E-state index contributed by atoms with van der Waals surface area (Å²) in [7, 11) is -1.73. The zero-order chi connectivity index (χ0) is 22.5. The molecule has 4 rings (SSSR count). The number of rotatable bonds is 6. The maximum Gasteiger partial charge on any atom is 0.255 e. The molecule has 160 valence electrons. The Labute approximate surface area is 185 Å². The molecule has 0 fully saturated rings. The van der Waals surface area contributed by atoms with Gasteiger partial charge in [0.05, 0.1) is 10.6 Å². The Hall–Kier alpha value is -4.11. The molecule has 1 unspecified atom stereocenters. The molecule has 0 aliphatic rings. The fraction of sp³-hybridized carbons (Fsp3) is 0. The van der Waals surface area contributed by atoms with Crippen molar-refractivity contribution in [3.63, 3.8) is 0 Å². The van der Waals surface area contributed by atoms with Crippen LogP contribution in [0.2, 0.25) is 0 Å². The van der Waals surface area contributed by atoms with Gasteiger partial charge in [0.2, 0.25) is 0 Å². The normalized spacial score (nSPS) is 11.5. The number of hydrogen-bond donors (Lipinski definition) is 3. The topological polar surface area (TPSA) is 104 Å². The van der Waals surface area contributed by atoms with Crippen LogP contribution in [0.1, 0.15) is 10.4 Å². The Balaban J connectivity index is 1.47. The monoisotopic (exact) mass is 448 g/mol. The number of amides is 1. The first-order chi connectivity index (χ1) is 15.5. The number of anilines is 2. The van der Waals surface area contributed by atoms with Crippen LogP contribution in [0, 0.1) is 5.82 Å². The third-order valence-electron chi connectivity index (χ3n) is 4.46. The van der Waals surface area contributed by atoms with Gasteiger partial charge in [0.15, 0.2) is 5.82 Å². The number of carbonyl (C=O) groups is 1. The van der Waals surface area contributed by atoms with Crippen molar-refractivity contribution >= 4 is 28.3 Å². The molecule has 0 saturated carbocycles. The second-order valence-electron chi connectivity index (χ2n) is 6.66. The summed E-state index contributed by atoms with van der Waals surface area (Å²) in [6.07, 6.45) is 3.28. The van der Waals surface area contributed by atoms with Gasteiger partial charge in [-0.15, -0.1) is 0 Å². The Morgan fingerprint density at radius 1 is 0.938 bits per heavy atom. The van der Waals surface area contributed by atoms with Crippen LogP contribution < -0.4 is 10.0 Å². The number of phenols is 1. The number of phenolic OH excluding ortho intramolecular Hbond substituents is 1. The molecule has 32 heavy (non-hydrogen) atoms. The van der Waals surface area contributed by atoms with Crippen molar-refractivity contribution in [2.24, 2.45) is 0 Å². The van der Waals surface area contributed by atoms with Crippen molar-refractivity contribution in [2.45, 2.75) is 4.90 Å². The average molecular weight is 448 g/mol. The molecule has 1 aromatic heterocycles. The fourth-order valence-electron chi connectivity index (χ4n) is 2.83. The number of aromatic hydroxyl groups is 1. The quantitative estimate of drug-likeness (QED) is 0.300. The largest absolute Gasteiger partial charge is 0.506 e. The zero-order valence-electron chi connectivity index (χ0n) is 16.5. The van der Waals surface area contributed by atoms with Crippen LogP contribution in [0.5, 0.6) is 5.75 Å². The molecule has 1 heterocycles. The molecular formula is C23H17FN4O3S. The molecule has 0 radical (unpaired) electrons. The molecule has 0 saturated heterocycles. The first-order valence-corrected chi connectivity index (χ1v) is 10.6. The molecule has 0 bridgehead atoms. The van der Waals surface area contributed by atoms with E-state index < -0.39 is 16.8 Å². The van der Waals surface area contributed by atoms with Gasteiger partial charge in [0.25, 0.3) is 5.91 Å². The van der Waals surface area contributed by atoms with Crippen molar-refractivity contribution in [1.82, 2.24) is 9.97 Å². The minimum Gasteiger partial charge on any atom is -0.506 e. The highest BCUT2D eigenvalue weighted by Crippen LogP contribution is 2.28. The van der Waals surface area contributed by atoms with Crippen LogP contribution in [0.25, 0.3) is 11.4 Å². The lowest BCUT2D eigenvalue weighted by Crippen LogP contribution is -2.12. The number of nitrogens with zero attached hydrogens (tertiary/aromatic N) is 2. The molecule has 0 spiro atoms. The van der Waals surface area contributed by atoms with E-state index in [2.05, 4.69) is 20.0 Å². The molecular weight excluding hydrogens is 431 g/mol. The van der Waals surface area contributed by atoms with E-state index in [0.717, 1.165) is 5.56 Å². The summed E-state index contributed by atoms with van der Waals surface area (Å²) in [5.74, 6) is -0.391. The molecule has 3 aromatic carbocycles. The van der Waals surface area contributed by atoms with Gasteiger partial charge >= 0.3 is 0 Å². The summed E-state index contributed by atoms with van der Waals surface area (Å²) in [6.45, 7) is 0. The van der Waals surface area contributed by atoms with Crippen LogP contribution >= 0.6 is 0 Å². The molecule has 0 aliphatic carbocycles. The Bertz CT molecular complexity index is 1270. The Kier molecular flexibility index (Phi) is 6.18. The first kappa shape index (κ1) is 21.1. The zero-order valence-corrected chi connectivity index (χ0v) is 17.3. The lowest BCUT2D eigenvalue weighted by Gasteiger charge is -2.11. The third kappa shape index (κ3) is 4.96. The number of carbonyl (C=O) groups excluding carboxylic acids is 1. The van der Waals surface area contributed by atoms with Crippen LogP contribution in [-0.4, -0.2) is 25.2 Å². The summed E-state index contributed by atoms with van der Waals surface area (Å²) < 4.78 is 28.2. The molecule has 7 nitrogen and oxygen atoms in total. The van der Waals surface area contributed by atoms with Gasteiger partial charge < -0.3 is 10.4 Å². The molecule has 9 heteroatoms. The Morgan fingerprint density at radius 2 is 1.62 bits per heavy atom. The van der Waals surface area contributed by atoms with Gasteiger partial charge in [-0.05, 0) is 60.7 Å². The van der Waals surface area contributed by atoms with Gasteiger partial charge in [-0.3, -0.25) is 9.52 Å². The molecule has 1 atom stereocenters. The lowest BCUT2D eigenvalue weighted by atomic mass is 10.1. The Morgan fingerprint density at radius 3 is 2.31 bits per heavy atom. The summed E-state index contributed by atoms with van der Waals surface area (Å²) in [6, 6.07) is 18.0. The minimum atomic E-state index is -1.73. The maximum atomic E-state index is 13.1. The fourth-order valence-corrected chi connectivity index (χ4v) is 3.70. The second-order valence-corrected chi connectivity index (χ2v) is 7.87. The number of nitrogens with one attached hydrogen (secondary N) is 2. The highest BCUT2D eigenvalue weighted by atomic mass is 32.2. The molecule has 0 aliphatic heterocycles. The third-order valence-corrected chi connectivity index (χ3v) is 5.56. The highest BCUT2D eigenvalue weighted by Gasteiger charge is 2.12. The van der Waals surface area contributed by atoms with E-state index >= 15 is 0 Å². The number of benzene rings is 3. The predicted molar refractivity (Wildman–Crippen MR) is 120 cm³/mol. The summed E-state index contributed by atoms with van der Waals surface area (Å²) in [5, 5.41) is 12.8. The molecule has 3 N–H and O–H groups in total. The van der Waals surface area contributed by atoms with E-state index in [1.807, 2.05) is 0 Å². The maximum absolute atomic E-state index is 13.1. The highest BCUT2D eigenvalue weighted by molar-refractivity contribution is 7.86. The van der Waals surface area contributed by atoms with Gasteiger partial charge in [0, 0.05) is 29.2 Å². The van der Waals surface area contributed by atoms with E-state index in [1.165, 1.54) is 42.5 Å². The van der Waals surface area contributed by atoms with Crippen LogP contribution in [-0.2, 0) is 11.0 Å². The SMILES string of the molecule is O=C(Nc1ccc(O)c(NS(=O)c2ccc(F)cc2)c1)c1ccc(-c2ncccn2)cc1. The molecule has 1 amide bonds. The summed E-state index contributed by atoms with van der Waals surface area (Å²) in [4.78, 5) is 21.3. The predicted octanol–water partition coefficient (Wildman–Crippen LogP) is 4.38. The minimum absolute atomic E-state index is 0.148. The number of hydrogen-bond acceptors (Lipinski definition) is 5. The van der Waals surface area contributed by atoms with E-state index in [-0.39, 0.29) is 17.3 Å². The van der Waals surface area contributed by atoms with Crippen molar-refractivity contribution in [3.8, 4) is 17.1 Å². The van der Waals surface area contributed by atoms with E-state index in [0.29, 0.717) is 22.0 Å². The number of halogens is 1. The van der Waals surface area contributed by atoms with Gasteiger partial charge in [-0.2, -0.15) is 0 Å². The summed E-state index contributed by atoms with van der Waals surface area (Å²) in [5.41, 5.74) is 1.74. The van der Waals surface area contributed by atoms with Crippen molar-refractivity contribution in [1.29, 1.82) is 0 Å². The second kappa shape index (κ2) is 9.36. The average Bonchev–Trinajstić information content (AvgIpc) is 2.82. The van der Waals surface area contributed by atoms with Crippen LogP contribution in [0.4, 0.5) is 15.8 Å². The van der Waals surface area contributed by atoms with Crippen LogP contribution in [0.15, 0.2) is 90.1 Å². The lowest BCUT2D eigenvalue weighted by molar-refractivity contribution is 0.102. The van der Waals surface area contributed by atoms with Crippen LogP contribution in [0.3, 0.4) is 0 Å². The first-order valence-electron chi connectivity index (χ1n) is 9.45. The van der Waals surface area contributed by atoms with Gasteiger partial charge in [-0.25, -0.2) is 18.6 Å². The van der Waals surface area contributed by atoms with Crippen molar-refractivity contribution < 1.29 is 18.5 Å². The van der Waals surface area contributed by atoms with E-state index in [1.54, 1.807) is 42.7 Å². The summed E-state index contributed by atoms with van der Waals surface area (Å²) >= 11 is 0. The standard InChI is InChI=1S/C23H17FN4O3S/c24-17-6-9-19(10-7-17)32(31)28-20-14-18(8-11-21(20)29)27-23(30)16-4-2-15(3-5-16)22-25-12-1-13-26-22/h1-14,28-29H,(H,27,30). The molecule has 4 aromatic rings. The van der Waals surface area contributed by atoms with Crippen molar-refractivity contribution in [2.75, 3.05) is 10.0 Å². The van der Waals surface area contributed by atoms with Gasteiger partial charge in [0.1, 0.15) is 22.6 Å².